The van der Waals surface area contributed by atoms with Crippen LogP contribution < -0.4 is 10.9 Å². The summed E-state index contributed by atoms with van der Waals surface area (Å²) < 4.78 is 36.0. The van der Waals surface area contributed by atoms with Crippen molar-refractivity contribution in [1.82, 2.24) is 20.3 Å². The highest BCUT2D eigenvalue weighted by Gasteiger charge is 2.27. The number of pyridine rings is 1. The number of amides is 1. The molecule has 0 aliphatic heterocycles. The number of thioether (sulfide) groups is 1. The fraction of sp³-hybridized carbons (Fsp3) is 0.333. The van der Waals surface area contributed by atoms with Crippen molar-refractivity contribution in [3.8, 4) is 11.4 Å². The van der Waals surface area contributed by atoms with E-state index in [1.54, 1.807) is 31.5 Å². The zero-order chi connectivity index (χ0) is 18.4. The van der Waals surface area contributed by atoms with Gasteiger partial charge in [0, 0.05) is 41.5 Å². The number of hydrogen-bond donors (Lipinski definition) is 2. The van der Waals surface area contributed by atoms with E-state index in [1.807, 2.05) is 0 Å². The van der Waals surface area contributed by atoms with Gasteiger partial charge in [-0.15, -0.1) is 0 Å². The Morgan fingerprint density at radius 1 is 1.40 bits per heavy atom. The number of alkyl halides is 3. The molecule has 6 nitrogen and oxygen atoms in total. The van der Waals surface area contributed by atoms with Crippen molar-refractivity contribution in [3.63, 3.8) is 0 Å². The number of carbonyl (C=O) groups excluding carboxylic acids is 1. The SMILES string of the molecule is Cc1nc(-c2cccnc2)[nH]c(=O)c1CC(=O)NCCSC(F)(F)F. The Morgan fingerprint density at radius 2 is 2.16 bits per heavy atom. The van der Waals surface area contributed by atoms with Crippen LogP contribution in [0.25, 0.3) is 11.4 Å². The lowest BCUT2D eigenvalue weighted by molar-refractivity contribution is -0.120. The first kappa shape index (κ1) is 19.0. The number of carbonyl (C=O) groups is 1. The lowest BCUT2D eigenvalue weighted by Crippen LogP contribution is -2.31. The van der Waals surface area contributed by atoms with Crippen LogP contribution in [-0.2, 0) is 11.2 Å². The molecule has 25 heavy (non-hydrogen) atoms. The fourth-order valence-corrected chi connectivity index (χ4v) is 2.47. The summed E-state index contributed by atoms with van der Waals surface area (Å²) in [6.45, 7) is 1.46. The molecular weight excluding hydrogens is 357 g/mol. The molecule has 0 bridgehead atoms. The van der Waals surface area contributed by atoms with E-state index in [0.29, 0.717) is 17.1 Å². The van der Waals surface area contributed by atoms with Gasteiger partial charge in [-0.2, -0.15) is 13.2 Å². The van der Waals surface area contributed by atoms with Crippen LogP contribution >= 0.6 is 11.8 Å². The molecule has 2 N–H and O–H groups in total. The van der Waals surface area contributed by atoms with Crippen molar-refractivity contribution >= 4 is 17.7 Å². The third kappa shape index (κ3) is 5.89. The number of halogens is 3. The Balaban J connectivity index is 2.01. The Bertz CT molecular complexity index is 794. The molecule has 0 saturated heterocycles. The topological polar surface area (TPSA) is 87.7 Å². The quantitative estimate of drug-likeness (QED) is 0.758. The van der Waals surface area contributed by atoms with Crippen molar-refractivity contribution in [2.45, 2.75) is 18.9 Å². The second-order valence-electron chi connectivity index (χ2n) is 5.04. The monoisotopic (exact) mass is 372 g/mol. The van der Waals surface area contributed by atoms with Crippen LogP contribution in [0.15, 0.2) is 29.3 Å². The number of hydrogen-bond acceptors (Lipinski definition) is 5. The van der Waals surface area contributed by atoms with Gasteiger partial charge in [0.25, 0.3) is 5.56 Å². The normalized spacial score (nSPS) is 11.4. The van der Waals surface area contributed by atoms with Crippen molar-refractivity contribution in [2.24, 2.45) is 0 Å². The molecule has 1 amide bonds. The highest BCUT2D eigenvalue weighted by molar-refractivity contribution is 8.00. The molecule has 2 heterocycles. The summed E-state index contributed by atoms with van der Waals surface area (Å²) in [6.07, 6.45) is 2.88. The summed E-state index contributed by atoms with van der Waals surface area (Å²) in [7, 11) is 0. The molecule has 10 heteroatoms. The summed E-state index contributed by atoms with van der Waals surface area (Å²) in [5, 5.41) is 2.35. The van der Waals surface area contributed by atoms with Gasteiger partial charge in [-0.25, -0.2) is 4.98 Å². The van der Waals surface area contributed by atoms with Gasteiger partial charge in [0.2, 0.25) is 5.91 Å². The van der Waals surface area contributed by atoms with Gasteiger partial charge in [-0.05, 0) is 30.8 Å². The summed E-state index contributed by atoms with van der Waals surface area (Å²) in [5.41, 5.74) is -3.62. The second kappa shape index (κ2) is 8.15. The first-order valence-corrected chi connectivity index (χ1v) is 8.22. The molecule has 0 spiro atoms. The molecule has 2 aromatic heterocycles. The average molecular weight is 372 g/mol. The average Bonchev–Trinajstić information content (AvgIpc) is 2.55. The second-order valence-corrected chi connectivity index (χ2v) is 6.20. The zero-order valence-corrected chi connectivity index (χ0v) is 14.0. The zero-order valence-electron chi connectivity index (χ0n) is 13.2. The number of nitrogens with zero attached hydrogens (tertiary/aromatic N) is 2. The van der Waals surface area contributed by atoms with Crippen molar-refractivity contribution in [2.75, 3.05) is 12.3 Å². The summed E-state index contributed by atoms with van der Waals surface area (Å²) in [5.74, 6) is -0.489. The van der Waals surface area contributed by atoms with Crippen LogP contribution in [0.3, 0.4) is 0 Å². The lowest BCUT2D eigenvalue weighted by atomic mass is 10.1. The van der Waals surface area contributed by atoms with E-state index in [9.17, 15) is 22.8 Å². The standard InChI is InChI=1S/C15H15F3N4O2S/c1-9-11(7-12(23)20-5-6-25-15(16,17)18)14(24)22-13(21-9)10-3-2-4-19-8-10/h2-4,8H,5-7H2,1H3,(H,20,23)(H,21,22,24). The minimum atomic E-state index is -4.33. The van der Waals surface area contributed by atoms with Gasteiger partial charge in [0.15, 0.2) is 0 Å². The molecule has 0 saturated carbocycles. The molecule has 0 radical (unpaired) electrons. The minimum absolute atomic E-state index is 0.138. The van der Waals surface area contributed by atoms with Gasteiger partial charge in [0.05, 0.1) is 6.42 Å². The molecule has 0 fully saturated rings. The Kier molecular flexibility index (Phi) is 6.18. The van der Waals surface area contributed by atoms with Crippen molar-refractivity contribution in [1.29, 1.82) is 0 Å². The molecule has 0 atom stereocenters. The number of aryl methyl sites for hydroxylation is 1. The maximum Gasteiger partial charge on any atom is 0.441 e. The largest absolute Gasteiger partial charge is 0.441 e. The molecule has 134 valence electrons. The fourth-order valence-electron chi connectivity index (χ4n) is 2.04. The van der Waals surface area contributed by atoms with E-state index in [2.05, 4.69) is 20.3 Å². The van der Waals surface area contributed by atoms with E-state index in [0.717, 1.165) is 0 Å². The van der Waals surface area contributed by atoms with Gasteiger partial charge in [0.1, 0.15) is 5.82 Å². The number of nitrogens with one attached hydrogen (secondary N) is 2. The van der Waals surface area contributed by atoms with Crippen LogP contribution in [0.4, 0.5) is 13.2 Å². The first-order valence-electron chi connectivity index (χ1n) is 7.24. The molecular formula is C15H15F3N4O2S. The Hall–Kier alpha value is -2.36. The van der Waals surface area contributed by atoms with E-state index in [-0.39, 0.29) is 36.0 Å². The maximum atomic E-state index is 12.2. The van der Waals surface area contributed by atoms with Crippen LogP contribution in [0.5, 0.6) is 0 Å². The number of rotatable bonds is 6. The minimum Gasteiger partial charge on any atom is -0.355 e. The molecule has 2 aromatic rings. The van der Waals surface area contributed by atoms with Gasteiger partial charge >= 0.3 is 5.51 Å². The molecule has 0 aliphatic carbocycles. The maximum absolute atomic E-state index is 12.2. The van der Waals surface area contributed by atoms with E-state index in [1.165, 1.54) is 0 Å². The number of H-pyrrole nitrogens is 1. The molecule has 0 aromatic carbocycles. The first-order chi connectivity index (χ1) is 11.8. The van der Waals surface area contributed by atoms with Crippen LogP contribution in [0.2, 0.25) is 0 Å². The van der Waals surface area contributed by atoms with E-state index >= 15 is 0 Å². The van der Waals surface area contributed by atoms with Gasteiger partial charge in [-0.1, -0.05) is 0 Å². The third-order valence-electron chi connectivity index (χ3n) is 3.18. The highest BCUT2D eigenvalue weighted by Crippen LogP contribution is 2.29. The summed E-state index contributed by atoms with van der Waals surface area (Å²) in [4.78, 5) is 34.8. The number of aromatic amines is 1. The summed E-state index contributed by atoms with van der Waals surface area (Å²) >= 11 is -0.213. The van der Waals surface area contributed by atoms with Crippen LogP contribution in [0.1, 0.15) is 11.3 Å². The highest BCUT2D eigenvalue weighted by atomic mass is 32.2. The van der Waals surface area contributed by atoms with Gasteiger partial charge in [-0.3, -0.25) is 14.6 Å². The van der Waals surface area contributed by atoms with E-state index in [4.69, 9.17) is 0 Å². The predicted octanol–water partition coefficient (Wildman–Crippen LogP) is 2.05. The third-order valence-corrected chi connectivity index (χ3v) is 3.92. The molecule has 2 rings (SSSR count). The van der Waals surface area contributed by atoms with Crippen LogP contribution in [0, 0.1) is 6.92 Å². The number of aromatic nitrogens is 3. The van der Waals surface area contributed by atoms with E-state index < -0.39 is 17.0 Å². The van der Waals surface area contributed by atoms with Crippen molar-refractivity contribution in [3.05, 3.63) is 46.1 Å². The van der Waals surface area contributed by atoms with Crippen molar-refractivity contribution < 1.29 is 18.0 Å². The summed E-state index contributed by atoms with van der Waals surface area (Å²) in [6, 6.07) is 3.43. The molecule has 0 unspecified atom stereocenters. The van der Waals surface area contributed by atoms with Gasteiger partial charge < -0.3 is 10.3 Å². The predicted molar refractivity (Wildman–Crippen MR) is 88.1 cm³/mol. The Labute approximate surface area is 145 Å². The lowest BCUT2D eigenvalue weighted by Gasteiger charge is -2.09. The van der Waals surface area contributed by atoms with Crippen LogP contribution in [-0.4, -0.2) is 38.7 Å². The smallest absolute Gasteiger partial charge is 0.355 e. The Morgan fingerprint density at radius 3 is 2.76 bits per heavy atom. The molecule has 0 aliphatic rings.